The number of para-hydroxylation sites is 1. The predicted octanol–water partition coefficient (Wildman–Crippen LogP) is 1.82. The lowest BCUT2D eigenvalue weighted by Gasteiger charge is -2.37. The van der Waals surface area contributed by atoms with E-state index in [0.29, 0.717) is 31.1 Å². The summed E-state index contributed by atoms with van der Waals surface area (Å²) >= 11 is 0. The van der Waals surface area contributed by atoms with Crippen molar-refractivity contribution in [1.82, 2.24) is 4.98 Å². The molecule has 2 aromatic rings. The average molecular weight is 361 g/mol. The second kappa shape index (κ2) is 6.72. The Morgan fingerprint density at radius 3 is 2.44 bits per heavy atom. The molecule has 1 aromatic carbocycles. The Labute approximate surface area is 146 Å². The summed E-state index contributed by atoms with van der Waals surface area (Å²) in [5.74, 6) is -0.630. The summed E-state index contributed by atoms with van der Waals surface area (Å²) in [6.45, 7) is 2.86. The van der Waals surface area contributed by atoms with E-state index in [9.17, 15) is 13.2 Å². The van der Waals surface area contributed by atoms with Crippen molar-refractivity contribution in [2.45, 2.75) is 11.8 Å². The minimum atomic E-state index is -3.70. The second-order valence-corrected chi connectivity index (χ2v) is 7.66. The number of carbonyl (C=O) groups is 1. The summed E-state index contributed by atoms with van der Waals surface area (Å²) in [4.78, 5) is 17.0. The molecule has 25 heavy (non-hydrogen) atoms. The molecule has 0 atom stereocenters. The van der Waals surface area contributed by atoms with Gasteiger partial charge in [-0.15, -0.1) is 0 Å². The topological polar surface area (TPSA) is 90.8 Å². The molecular formula is C17H19N3O4S. The zero-order valence-electron chi connectivity index (χ0n) is 13.7. The fraction of sp³-hybridized carbons (Fsp3) is 0.294. The van der Waals surface area contributed by atoms with Gasteiger partial charge >= 0.3 is 5.97 Å². The van der Waals surface area contributed by atoms with Crippen LogP contribution < -0.4 is 9.21 Å². The predicted molar refractivity (Wildman–Crippen MR) is 94.2 cm³/mol. The number of benzene rings is 1. The molecule has 2 heterocycles. The summed E-state index contributed by atoms with van der Waals surface area (Å²) in [6.07, 6.45) is 1.32. The van der Waals surface area contributed by atoms with Gasteiger partial charge in [0.15, 0.2) is 0 Å². The van der Waals surface area contributed by atoms with Crippen molar-refractivity contribution in [2.24, 2.45) is 5.92 Å². The normalized spacial score (nSPS) is 14.8. The molecule has 0 radical (unpaired) electrons. The van der Waals surface area contributed by atoms with E-state index in [1.54, 1.807) is 37.3 Å². The quantitative estimate of drug-likeness (QED) is 0.844. The lowest BCUT2D eigenvalue weighted by atomic mass is 10.0. The van der Waals surface area contributed by atoms with Crippen molar-refractivity contribution in [3.63, 3.8) is 0 Å². The van der Waals surface area contributed by atoms with E-state index in [4.69, 9.17) is 5.11 Å². The van der Waals surface area contributed by atoms with Crippen molar-refractivity contribution in [2.75, 3.05) is 28.8 Å². The van der Waals surface area contributed by atoms with Crippen LogP contribution in [-0.2, 0) is 14.8 Å². The van der Waals surface area contributed by atoms with Gasteiger partial charge in [0, 0.05) is 25.8 Å². The summed E-state index contributed by atoms with van der Waals surface area (Å²) in [7, 11) is -3.70. The molecule has 7 nitrogen and oxygen atoms in total. The number of nitrogens with zero attached hydrogens (tertiary/aromatic N) is 3. The van der Waals surface area contributed by atoms with E-state index in [2.05, 4.69) is 4.98 Å². The van der Waals surface area contributed by atoms with Crippen molar-refractivity contribution in [3.8, 4) is 0 Å². The lowest BCUT2D eigenvalue weighted by Crippen LogP contribution is -2.50. The number of sulfonamides is 1. The molecule has 1 N–H and O–H groups in total. The molecule has 132 valence electrons. The van der Waals surface area contributed by atoms with Crippen LogP contribution in [0, 0.1) is 5.92 Å². The monoisotopic (exact) mass is 361 g/mol. The molecule has 0 bridgehead atoms. The molecule has 0 unspecified atom stereocenters. The standard InChI is InChI=1S/C17H19N3O4S/c1-2-20(14-6-4-3-5-7-14)25(23,24)15-8-9-16(18-10-15)19-11-13(12-19)17(21)22/h3-10,13H,2,11-12H2,1H3,(H,21,22). The van der Waals surface area contributed by atoms with E-state index < -0.39 is 16.0 Å². The van der Waals surface area contributed by atoms with Crippen molar-refractivity contribution in [1.29, 1.82) is 0 Å². The van der Waals surface area contributed by atoms with Crippen LogP contribution in [-0.4, -0.2) is 44.1 Å². The molecule has 1 saturated heterocycles. The summed E-state index contributed by atoms with van der Waals surface area (Å²) < 4.78 is 27.1. The first-order valence-electron chi connectivity index (χ1n) is 7.95. The number of carboxylic acids is 1. The third kappa shape index (κ3) is 3.30. The van der Waals surface area contributed by atoms with Crippen LogP contribution in [0.1, 0.15) is 6.92 Å². The molecule has 8 heteroatoms. The van der Waals surface area contributed by atoms with Gasteiger partial charge in [0.2, 0.25) is 0 Å². The highest BCUT2D eigenvalue weighted by atomic mass is 32.2. The Kier molecular flexibility index (Phi) is 4.63. The fourth-order valence-electron chi connectivity index (χ4n) is 2.75. The Morgan fingerprint density at radius 2 is 1.92 bits per heavy atom. The molecule has 1 aliphatic rings. The van der Waals surface area contributed by atoms with E-state index in [0.717, 1.165) is 0 Å². The van der Waals surface area contributed by atoms with Crippen LogP contribution in [0.4, 0.5) is 11.5 Å². The van der Waals surface area contributed by atoms with Gasteiger partial charge < -0.3 is 10.0 Å². The number of hydrogen-bond acceptors (Lipinski definition) is 5. The minimum Gasteiger partial charge on any atom is -0.481 e. The number of aromatic nitrogens is 1. The smallest absolute Gasteiger partial charge is 0.310 e. The van der Waals surface area contributed by atoms with Crippen molar-refractivity contribution < 1.29 is 18.3 Å². The van der Waals surface area contributed by atoms with Gasteiger partial charge in [0.25, 0.3) is 10.0 Å². The Hall–Kier alpha value is -2.61. The summed E-state index contributed by atoms with van der Waals surface area (Å²) in [5, 5.41) is 8.91. The molecule has 1 aliphatic heterocycles. The van der Waals surface area contributed by atoms with Gasteiger partial charge in [-0.2, -0.15) is 0 Å². The van der Waals surface area contributed by atoms with Gasteiger partial charge in [-0.1, -0.05) is 18.2 Å². The van der Waals surface area contributed by atoms with Gasteiger partial charge in [0.1, 0.15) is 10.7 Å². The van der Waals surface area contributed by atoms with E-state index >= 15 is 0 Å². The van der Waals surface area contributed by atoms with Crippen LogP contribution in [0.15, 0.2) is 53.6 Å². The molecule has 0 spiro atoms. The third-order valence-electron chi connectivity index (χ3n) is 4.19. The average Bonchev–Trinajstić information content (AvgIpc) is 2.55. The first kappa shape index (κ1) is 17.2. The first-order chi connectivity index (χ1) is 11.9. The zero-order chi connectivity index (χ0) is 18.0. The largest absolute Gasteiger partial charge is 0.481 e. The van der Waals surface area contributed by atoms with Crippen LogP contribution >= 0.6 is 0 Å². The summed E-state index contributed by atoms with van der Waals surface area (Å²) in [5.41, 5.74) is 0.598. The Balaban J connectivity index is 1.80. The number of rotatable bonds is 6. The fourth-order valence-corrected chi connectivity index (χ4v) is 4.17. The maximum Gasteiger partial charge on any atom is 0.310 e. The molecule has 1 aromatic heterocycles. The maximum absolute atomic E-state index is 12.9. The third-order valence-corrected chi connectivity index (χ3v) is 6.08. The van der Waals surface area contributed by atoms with Crippen LogP contribution in [0.2, 0.25) is 0 Å². The van der Waals surface area contributed by atoms with Crippen molar-refractivity contribution in [3.05, 3.63) is 48.7 Å². The van der Waals surface area contributed by atoms with Gasteiger partial charge in [0.05, 0.1) is 11.6 Å². The van der Waals surface area contributed by atoms with Crippen molar-refractivity contribution >= 4 is 27.5 Å². The van der Waals surface area contributed by atoms with Crippen LogP contribution in [0.3, 0.4) is 0 Å². The molecule has 0 saturated carbocycles. The number of hydrogen-bond donors (Lipinski definition) is 1. The zero-order valence-corrected chi connectivity index (χ0v) is 14.6. The highest BCUT2D eigenvalue weighted by Gasteiger charge is 2.33. The second-order valence-electron chi connectivity index (χ2n) is 5.80. The molecular weight excluding hydrogens is 342 g/mol. The lowest BCUT2D eigenvalue weighted by molar-refractivity contribution is -0.142. The molecule has 0 amide bonds. The highest BCUT2D eigenvalue weighted by Crippen LogP contribution is 2.26. The Morgan fingerprint density at radius 1 is 1.24 bits per heavy atom. The number of anilines is 2. The van der Waals surface area contributed by atoms with E-state index in [-0.39, 0.29) is 10.8 Å². The van der Waals surface area contributed by atoms with E-state index in [1.165, 1.54) is 16.6 Å². The summed E-state index contributed by atoms with van der Waals surface area (Å²) in [6, 6.07) is 12.0. The number of pyridine rings is 1. The number of carboxylic acid groups (broad SMARTS) is 1. The molecule has 3 rings (SSSR count). The minimum absolute atomic E-state index is 0.109. The Bertz CT molecular complexity index is 847. The first-order valence-corrected chi connectivity index (χ1v) is 9.39. The van der Waals surface area contributed by atoms with Crippen LogP contribution in [0.5, 0.6) is 0 Å². The van der Waals surface area contributed by atoms with E-state index in [1.807, 2.05) is 11.0 Å². The SMILES string of the molecule is CCN(c1ccccc1)S(=O)(=O)c1ccc(N2CC(C(=O)O)C2)nc1. The van der Waals surface area contributed by atoms with Gasteiger partial charge in [-0.25, -0.2) is 13.4 Å². The van der Waals surface area contributed by atoms with Crippen LogP contribution in [0.25, 0.3) is 0 Å². The number of aliphatic carboxylic acids is 1. The highest BCUT2D eigenvalue weighted by molar-refractivity contribution is 7.92. The maximum atomic E-state index is 12.9. The van der Waals surface area contributed by atoms with Gasteiger partial charge in [-0.05, 0) is 31.2 Å². The van der Waals surface area contributed by atoms with Gasteiger partial charge in [-0.3, -0.25) is 9.10 Å². The molecule has 1 fully saturated rings. The molecule has 0 aliphatic carbocycles.